The van der Waals surface area contributed by atoms with Crippen LogP contribution in [0.15, 0.2) is 18.2 Å². The molecule has 2 atom stereocenters. The standard InChI is InChI=1S/C10H12ClN3O2/c11-8-3-5(15)1-2-6(8)7-4-9(7)13-14-10(12)16/h1-3,7,9,13,15H,4H2,(H3,12,14,16). The fourth-order valence-electron chi connectivity index (χ4n) is 1.68. The molecule has 1 fully saturated rings. The number of phenols is 1. The molecule has 6 heteroatoms. The highest BCUT2D eigenvalue weighted by Crippen LogP contribution is 2.44. The molecule has 5 N–H and O–H groups in total. The SMILES string of the molecule is NC(=O)NNC1CC1c1ccc(O)cc1Cl. The zero-order valence-electron chi connectivity index (χ0n) is 8.40. The summed E-state index contributed by atoms with van der Waals surface area (Å²) in [6.07, 6.45) is 0.880. The van der Waals surface area contributed by atoms with Crippen LogP contribution < -0.4 is 16.6 Å². The average molecular weight is 242 g/mol. The van der Waals surface area contributed by atoms with E-state index < -0.39 is 6.03 Å². The maximum atomic E-state index is 10.5. The minimum Gasteiger partial charge on any atom is -0.508 e. The van der Waals surface area contributed by atoms with Gasteiger partial charge in [0, 0.05) is 17.0 Å². The number of rotatable bonds is 3. The van der Waals surface area contributed by atoms with Crippen molar-refractivity contribution < 1.29 is 9.90 Å². The smallest absolute Gasteiger partial charge is 0.326 e. The van der Waals surface area contributed by atoms with Crippen molar-refractivity contribution in [2.45, 2.75) is 18.4 Å². The van der Waals surface area contributed by atoms with Gasteiger partial charge in [0.1, 0.15) is 5.75 Å². The molecule has 1 aliphatic carbocycles. The highest BCUT2D eigenvalue weighted by atomic mass is 35.5. The van der Waals surface area contributed by atoms with E-state index in [1.165, 1.54) is 6.07 Å². The van der Waals surface area contributed by atoms with E-state index in [4.69, 9.17) is 17.3 Å². The summed E-state index contributed by atoms with van der Waals surface area (Å²) in [6, 6.07) is 4.43. The number of nitrogens with two attached hydrogens (primary N) is 1. The Bertz CT molecular complexity index is 425. The molecular formula is C10H12ClN3O2. The molecule has 2 rings (SSSR count). The summed E-state index contributed by atoms with van der Waals surface area (Å²) in [6.45, 7) is 0. The maximum absolute atomic E-state index is 10.5. The predicted octanol–water partition coefficient (Wildman–Crippen LogP) is 1.07. The zero-order valence-corrected chi connectivity index (χ0v) is 9.16. The Labute approximate surface area is 97.6 Å². The summed E-state index contributed by atoms with van der Waals surface area (Å²) in [4.78, 5) is 10.5. The molecule has 1 aromatic carbocycles. The van der Waals surface area contributed by atoms with Gasteiger partial charge in [-0.1, -0.05) is 17.7 Å². The molecule has 0 spiro atoms. The molecule has 0 bridgehead atoms. The van der Waals surface area contributed by atoms with Crippen LogP contribution >= 0.6 is 11.6 Å². The molecule has 1 aromatic rings. The third kappa shape index (κ3) is 2.37. The van der Waals surface area contributed by atoms with Gasteiger partial charge in [-0.2, -0.15) is 0 Å². The molecule has 1 saturated carbocycles. The van der Waals surface area contributed by atoms with Crippen molar-refractivity contribution in [3.63, 3.8) is 0 Å². The summed E-state index contributed by atoms with van der Waals surface area (Å²) in [7, 11) is 0. The third-order valence-electron chi connectivity index (χ3n) is 2.55. The van der Waals surface area contributed by atoms with Crippen molar-refractivity contribution in [2.24, 2.45) is 5.73 Å². The number of carbonyl (C=O) groups excluding carboxylic acids is 1. The van der Waals surface area contributed by atoms with Crippen molar-refractivity contribution in [3.05, 3.63) is 28.8 Å². The molecule has 0 heterocycles. The van der Waals surface area contributed by atoms with Gasteiger partial charge in [-0.15, -0.1) is 0 Å². The van der Waals surface area contributed by atoms with Crippen molar-refractivity contribution >= 4 is 17.6 Å². The summed E-state index contributed by atoms with van der Waals surface area (Å²) in [5, 5.41) is 9.74. The summed E-state index contributed by atoms with van der Waals surface area (Å²) < 4.78 is 0. The number of carbonyl (C=O) groups is 1. The predicted molar refractivity (Wildman–Crippen MR) is 60.1 cm³/mol. The van der Waals surface area contributed by atoms with Crippen LogP contribution in [-0.2, 0) is 0 Å². The first-order valence-corrected chi connectivity index (χ1v) is 5.25. The lowest BCUT2D eigenvalue weighted by molar-refractivity contribution is 0.244. The largest absolute Gasteiger partial charge is 0.508 e. The lowest BCUT2D eigenvalue weighted by atomic mass is 10.1. The monoisotopic (exact) mass is 241 g/mol. The number of hydrogen-bond acceptors (Lipinski definition) is 3. The van der Waals surface area contributed by atoms with Crippen LogP contribution in [0.2, 0.25) is 5.02 Å². The Hall–Kier alpha value is -1.46. The lowest BCUT2D eigenvalue weighted by Gasteiger charge is -2.05. The molecule has 0 aromatic heterocycles. The number of primary amides is 1. The van der Waals surface area contributed by atoms with Gasteiger partial charge in [-0.05, 0) is 24.1 Å². The van der Waals surface area contributed by atoms with Crippen LogP contribution in [0.5, 0.6) is 5.75 Å². The highest BCUT2D eigenvalue weighted by molar-refractivity contribution is 6.31. The molecule has 1 aliphatic rings. The van der Waals surface area contributed by atoms with E-state index in [0.717, 1.165) is 12.0 Å². The quantitative estimate of drug-likeness (QED) is 0.597. The van der Waals surface area contributed by atoms with Gasteiger partial charge in [-0.3, -0.25) is 5.43 Å². The third-order valence-corrected chi connectivity index (χ3v) is 2.88. The minimum atomic E-state index is -0.609. The molecule has 86 valence electrons. The second-order valence-electron chi connectivity index (χ2n) is 3.79. The number of hydrogen-bond donors (Lipinski definition) is 4. The van der Waals surface area contributed by atoms with Gasteiger partial charge in [0.2, 0.25) is 0 Å². The van der Waals surface area contributed by atoms with E-state index in [2.05, 4.69) is 10.9 Å². The fourth-order valence-corrected chi connectivity index (χ4v) is 1.99. The number of nitrogens with one attached hydrogen (secondary N) is 2. The molecule has 0 aliphatic heterocycles. The van der Waals surface area contributed by atoms with Crippen molar-refractivity contribution in [3.8, 4) is 5.75 Å². The number of aromatic hydroxyl groups is 1. The van der Waals surface area contributed by atoms with E-state index in [0.29, 0.717) is 5.02 Å². The van der Waals surface area contributed by atoms with Crippen LogP contribution in [0.1, 0.15) is 17.9 Å². The summed E-state index contributed by atoms with van der Waals surface area (Å²) in [5.41, 5.74) is 11.0. The number of phenolic OH excluding ortho intramolecular Hbond substituents is 1. The summed E-state index contributed by atoms with van der Waals surface area (Å²) >= 11 is 5.99. The Kier molecular flexibility index (Phi) is 2.89. The second kappa shape index (κ2) is 4.19. The van der Waals surface area contributed by atoms with Crippen molar-refractivity contribution in [1.29, 1.82) is 0 Å². The van der Waals surface area contributed by atoms with Gasteiger partial charge < -0.3 is 10.8 Å². The first-order chi connectivity index (χ1) is 7.58. The summed E-state index contributed by atoms with van der Waals surface area (Å²) in [5.74, 6) is 0.397. The van der Waals surface area contributed by atoms with Crippen molar-refractivity contribution in [2.75, 3.05) is 0 Å². The Morgan fingerprint density at radius 3 is 2.94 bits per heavy atom. The van der Waals surface area contributed by atoms with Crippen LogP contribution in [0, 0.1) is 0 Å². The van der Waals surface area contributed by atoms with E-state index in [1.807, 2.05) is 0 Å². The average Bonchev–Trinajstić information content (AvgIpc) is 2.94. The number of urea groups is 1. The van der Waals surface area contributed by atoms with Gasteiger partial charge in [0.05, 0.1) is 0 Å². The lowest BCUT2D eigenvalue weighted by Crippen LogP contribution is -2.42. The van der Waals surface area contributed by atoms with Crippen molar-refractivity contribution in [1.82, 2.24) is 10.9 Å². The Morgan fingerprint density at radius 1 is 1.56 bits per heavy atom. The van der Waals surface area contributed by atoms with Crippen LogP contribution in [0.3, 0.4) is 0 Å². The topological polar surface area (TPSA) is 87.4 Å². The molecule has 0 radical (unpaired) electrons. The van der Waals surface area contributed by atoms with E-state index >= 15 is 0 Å². The van der Waals surface area contributed by atoms with Crippen LogP contribution in [0.25, 0.3) is 0 Å². The molecule has 16 heavy (non-hydrogen) atoms. The van der Waals surface area contributed by atoms with Gasteiger partial charge in [-0.25, -0.2) is 10.2 Å². The molecular weight excluding hydrogens is 230 g/mol. The first-order valence-electron chi connectivity index (χ1n) is 4.87. The number of hydrazine groups is 1. The second-order valence-corrected chi connectivity index (χ2v) is 4.20. The fraction of sp³-hybridized carbons (Fsp3) is 0.300. The Morgan fingerprint density at radius 2 is 2.31 bits per heavy atom. The normalized spacial score (nSPS) is 22.8. The van der Waals surface area contributed by atoms with E-state index in [-0.39, 0.29) is 17.7 Å². The maximum Gasteiger partial charge on any atom is 0.326 e. The molecule has 0 saturated heterocycles. The molecule has 2 unspecified atom stereocenters. The first kappa shape index (κ1) is 11.0. The number of halogens is 1. The highest BCUT2D eigenvalue weighted by Gasteiger charge is 2.39. The van der Waals surface area contributed by atoms with Gasteiger partial charge in [0.15, 0.2) is 0 Å². The van der Waals surface area contributed by atoms with Crippen LogP contribution in [-0.4, -0.2) is 17.2 Å². The van der Waals surface area contributed by atoms with Gasteiger partial charge >= 0.3 is 6.03 Å². The van der Waals surface area contributed by atoms with E-state index in [1.54, 1.807) is 12.1 Å². The zero-order chi connectivity index (χ0) is 11.7. The van der Waals surface area contributed by atoms with Gasteiger partial charge in [0.25, 0.3) is 0 Å². The number of benzene rings is 1. The molecule has 5 nitrogen and oxygen atoms in total. The number of amides is 2. The Balaban J connectivity index is 1.98. The minimum absolute atomic E-state index is 0.147. The van der Waals surface area contributed by atoms with Crippen LogP contribution in [0.4, 0.5) is 4.79 Å². The molecule has 2 amide bonds. The van der Waals surface area contributed by atoms with E-state index in [9.17, 15) is 9.90 Å².